The van der Waals surface area contributed by atoms with Gasteiger partial charge in [0.1, 0.15) is 5.75 Å². The predicted octanol–water partition coefficient (Wildman–Crippen LogP) is 3.18. The van der Waals surface area contributed by atoms with Gasteiger partial charge in [-0.3, -0.25) is 9.36 Å². The van der Waals surface area contributed by atoms with Crippen LogP contribution in [0.2, 0.25) is 0 Å². The normalized spacial score (nSPS) is 10.5. The first-order valence-corrected chi connectivity index (χ1v) is 8.34. The summed E-state index contributed by atoms with van der Waals surface area (Å²) < 4.78 is 6.86. The van der Waals surface area contributed by atoms with Crippen LogP contribution in [0.15, 0.2) is 46.9 Å². The van der Waals surface area contributed by atoms with Crippen LogP contribution in [0.4, 0.5) is 0 Å². The first-order chi connectivity index (χ1) is 11.1. The Morgan fingerprint density at radius 3 is 2.83 bits per heavy atom. The molecule has 23 heavy (non-hydrogen) atoms. The number of nitrogens with zero attached hydrogens (tertiary/aromatic N) is 2. The van der Waals surface area contributed by atoms with Gasteiger partial charge < -0.3 is 9.84 Å². The third-order valence-corrected chi connectivity index (χ3v) is 4.38. The van der Waals surface area contributed by atoms with E-state index in [4.69, 9.17) is 4.74 Å². The molecule has 122 valence electrons. The second kappa shape index (κ2) is 7.87. The molecule has 6 heteroatoms. The maximum absolute atomic E-state index is 12.9. The molecule has 0 atom stereocenters. The minimum atomic E-state index is -0.305. The minimum Gasteiger partial charge on any atom is -0.495 e. The average Bonchev–Trinajstić information content (AvgIpc) is 2.56. The summed E-state index contributed by atoms with van der Waals surface area (Å²) in [5, 5.41) is 10.5. The van der Waals surface area contributed by atoms with E-state index >= 15 is 0 Å². The minimum absolute atomic E-state index is 0.228. The third-order valence-electron chi connectivity index (χ3n) is 3.23. The zero-order valence-corrected chi connectivity index (χ0v) is 14.1. The second-order valence-electron chi connectivity index (χ2n) is 4.85. The maximum Gasteiger partial charge on any atom is 0.266 e. The molecule has 0 aliphatic carbocycles. The Morgan fingerprint density at radius 1 is 1.43 bits per heavy atom. The molecule has 2 rings (SSSR count). The molecule has 2 aromatic rings. The molecule has 0 amide bonds. The van der Waals surface area contributed by atoms with Crippen molar-refractivity contribution in [2.45, 2.75) is 24.9 Å². The van der Waals surface area contributed by atoms with E-state index in [0.717, 1.165) is 12.2 Å². The number of para-hydroxylation sites is 2. The lowest BCUT2D eigenvalue weighted by Crippen LogP contribution is -2.25. The lowest BCUT2D eigenvalue weighted by Gasteiger charge is -2.16. The molecule has 0 unspecified atom stereocenters. The van der Waals surface area contributed by atoms with Crippen molar-refractivity contribution in [2.75, 3.05) is 12.9 Å². The second-order valence-corrected chi connectivity index (χ2v) is 5.91. The average molecular weight is 332 g/mol. The molecule has 0 fully saturated rings. The Labute approximate surface area is 139 Å². The van der Waals surface area contributed by atoms with Crippen molar-refractivity contribution in [3.63, 3.8) is 0 Å². The fourth-order valence-electron chi connectivity index (χ4n) is 2.17. The fourth-order valence-corrected chi connectivity index (χ4v) is 3.01. The summed E-state index contributed by atoms with van der Waals surface area (Å²) in [6.07, 6.45) is 2.76. The van der Waals surface area contributed by atoms with Crippen molar-refractivity contribution in [3.8, 4) is 17.3 Å². The summed E-state index contributed by atoms with van der Waals surface area (Å²) in [6, 6.07) is 7.26. The number of hydrogen-bond acceptors (Lipinski definition) is 5. The summed E-state index contributed by atoms with van der Waals surface area (Å²) in [5.74, 6) is 1.13. The number of thioether (sulfide) groups is 1. The maximum atomic E-state index is 12.9. The summed E-state index contributed by atoms with van der Waals surface area (Å²) in [5.41, 5.74) is 0.531. The van der Waals surface area contributed by atoms with Crippen molar-refractivity contribution in [2.24, 2.45) is 0 Å². The number of hydrogen-bond donors (Lipinski definition) is 1. The molecule has 5 nitrogen and oxygen atoms in total. The van der Waals surface area contributed by atoms with Gasteiger partial charge in [-0.15, -0.1) is 6.58 Å². The SMILES string of the molecule is C=CCc1c(O)nc(SCCC)n(-c2ccccc2OC)c1=O. The molecule has 1 heterocycles. The fraction of sp³-hybridized carbons (Fsp3) is 0.294. The highest BCUT2D eigenvalue weighted by molar-refractivity contribution is 7.99. The van der Waals surface area contributed by atoms with E-state index in [1.807, 2.05) is 19.1 Å². The zero-order valence-electron chi connectivity index (χ0n) is 13.3. The van der Waals surface area contributed by atoms with Gasteiger partial charge in [0, 0.05) is 12.2 Å². The summed E-state index contributed by atoms with van der Waals surface area (Å²) in [6.45, 7) is 5.68. The van der Waals surface area contributed by atoms with E-state index in [9.17, 15) is 9.90 Å². The van der Waals surface area contributed by atoms with Gasteiger partial charge in [0.2, 0.25) is 5.88 Å². The largest absolute Gasteiger partial charge is 0.495 e. The molecule has 0 bridgehead atoms. The first-order valence-electron chi connectivity index (χ1n) is 7.36. The summed E-state index contributed by atoms with van der Waals surface area (Å²) >= 11 is 1.43. The van der Waals surface area contributed by atoms with Crippen LogP contribution in [0, 0.1) is 0 Å². The molecule has 0 spiro atoms. The molecule has 0 aliphatic heterocycles. The lowest BCUT2D eigenvalue weighted by atomic mass is 10.2. The predicted molar refractivity (Wildman–Crippen MR) is 93.0 cm³/mol. The van der Waals surface area contributed by atoms with Gasteiger partial charge in [0.15, 0.2) is 5.16 Å². The molecule has 1 N–H and O–H groups in total. The molecule has 1 aromatic carbocycles. The van der Waals surface area contributed by atoms with Crippen LogP contribution in [0.3, 0.4) is 0 Å². The lowest BCUT2D eigenvalue weighted by molar-refractivity contribution is 0.408. The van der Waals surface area contributed by atoms with Gasteiger partial charge in [-0.25, -0.2) is 0 Å². The van der Waals surface area contributed by atoms with Gasteiger partial charge in [0.05, 0.1) is 18.4 Å². The van der Waals surface area contributed by atoms with E-state index in [2.05, 4.69) is 11.6 Å². The molecule has 0 saturated carbocycles. The number of ether oxygens (including phenoxy) is 1. The number of benzene rings is 1. The van der Waals surface area contributed by atoms with Crippen LogP contribution in [-0.2, 0) is 6.42 Å². The topological polar surface area (TPSA) is 64.3 Å². The highest BCUT2D eigenvalue weighted by Crippen LogP contribution is 2.28. The molecular weight excluding hydrogens is 312 g/mol. The first kappa shape index (κ1) is 17.1. The smallest absolute Gasteiger partial charge is 0.266 e. The van der Waals surface area contributed by atoms with E-state index in [0.29, 0.717) is 16.6 Å². The van der Waals surface area contributed by atoms with Crippen LogP contribution in [0.25, 0.3) is 5.69 Å². The van der Waals surface area contributed by atoms with Gasteiger partial charge in [-0.1, -0.05) is 36.9 Å². The van der Waals surface area contributed by atoms with Gasteiger partial charge >= 0.3 is 0 Å². The number of allylic oxidation sites excluding steroid dienone is 1. The van der Waals surface area contributed by atoms with E-state index in [-0.39, 0.29) is 23.4 Å². The van der Waals surface area contributed by atoms with E-state index in [1.54, 1.807) is 25.3 Å². The molecule has 0 radical (unpaired) electrons. The van der Waals surface area contributed by atoms with Gasteiger partial charge in [-0.05, 0) is 18.6 Å². The monoisotopic (exact) mass is 332 g/mol. The Kier molecular flexibility index (Phi) is 5.87. The molecular formula is C17H20N2O3S. The van der Waals surface area contributed by atoms with Gasteiger partial charge in [0.25, 0.3) is 5.56 Å². The molecule has 0 saturated heterocycles. The van der Waals surface area contributed by atoms with Gasteiger partial charge in [-0.2, -0.15) is 4.98 Å². The standard InChI is InChI=1S/C17H20N2O3S/c1-4-8-12-15(20)18-17(23-11-5-2)19(16(12)21)13-9-6-7-10-14(13)22-3/h4,6-7,9-10,20H,1,5,8,11H2,2-3H3. The Bertz CT molecular complexity index is 756. The molecule has 1 aromatic heterocycles. The number of methoxy groups -OCH3 is 1. The summed E-state index contributed by atoms with van der Waals surface area (Å²) in [7, 11) is 1.56. The van der Waals surface area contributed by atoms with Crippen molar-refractivity contribution < 1.29 is 9.84 Å². The quantitative estimate of drug-likeness (QED) is 0.479. The number of aromatic nitrogens is 2. The third kappa shape index (κ3) is 3.59. The summed E-state index contributed by atoms with van der Waals surface area (Å²) in [4.78, 5) is 17.1. The molecule has 0 aliphatic rings. The number of rotatable bonds is 7. The zero-order chi connectivity index (χ0) is 16.8. The Balaban J connectivity index is 2.74. The van der Waals surface area contributed by atoms with Crippen LogP contribution >= 0.6 is 11.8 Å². The van der Waals surface area contributed by atoms with Crippen molar-refractivity contribution >= 4 is 11.8 Å². The van der Waals surface area contributed by atoms with E-state index < -0.39 is 0 Å². The van der Waals surface area contributed by atoms with Crippen LogP contribution in [0.5, 0.6) is 11.6 Å². The van der Waals surface area contributed by atoms with Crippen molar-refractivity contribution in [3.05, 3.63) is 52.8 Å². The highest BCUT2D eigenvalue weighted by Gasteiger charge is 2.19. The van der Waals surface area contributed by atoms with Crippen molar-refractivity contribution in [1.82, 2.24) is 9.55 Å². The van der Waals surface area contributed by atoms with E-state index in [1.165, 1.54) is 16.3 Å². The Hall–Kier alpha value is -2.21. The van der Waals surface area contributed by atoms with Crippen molar-refractivity contribution in [1.29, 1.82) is 0 Å². The highest BCUT2D eigenvalue weighted by atomic mass is 32.2. The van der Waals surface area contributed by atoms with Crippen LogP contribution in [0.1, 0.15) is 18.9 Å². The van der Waals surface area contributed by atoms with Crippen LogP contribution < -0.4 is 10.3 Å². The van der Waals surface area contributed by atoms with Crippen LogP contribution in [-0.4, -0.2) is 27.5 Å². The number of aromatic hydroxyl groups is 1. The Morgan fingerprint density at radius 2 is 2.17 bits per heavy atom.